The zero-order chi connectivity index (χ0) is 23.9. The topological polar surface area (TPSA) is 48.8 Å². The third-order valence-corrected chi connectivity index (χ3v) is 6.13. The lowest BCUT2D eigenvalue weighted by Crippen LogP contribution is -2.23. The van der Waals surface area contributed by atoms with Gasteiger partial charge in [-0.3, -0.25) is 4.68 Å². The van der Waals surface area contributed by atoms with Gasteiger partial charge in [0.1, 0.15) is 17.2 Å². The fraction of sp³-hybridized carbons (Fsp3) is 0.222. The number of hydrogen-bond donors (Lipinski definition) is 0. The summed E-state index contributed by atoms with van der Waals surface area (Å²) in [7, 11) is 5.03. The van der Waals surface area contributed by atoms with E-state index in [1.807, 2.05) is 47.3 Å². The first-order valence-electron chi connectivity index (χ1n) is 10.9. The molecular weight excluding hydrogens is 494 g/mol. The second-order valence-electron chi connectivity index (χ2n) is 7.90. The number of rotatable bonds is 10. The molecule has 0 N–H and O–H groups in total. The summed E-state index contributed by atoms with van der Waals surface area (Å²) in [5.41, 5.74) is 3.50. The molecule has 7 heteroatoms. The van der Waals surface area contributed by atoms with Crippen molar-refractivity contribution in [1.82, 2.24) is 9.78 Å². The minimum absolute atomic E-state index is 0.668. The molecule has 6 nitrogen and oxygen atoms in total. The standard InChI is InChI=1S/C27H28BrN3O3/c1-32-23-10-4-20(5-11-23)16-30(17-21-6-12-24(33-2)13-7-21)27-26(28)19-31(29-27)18-22-8-14-25(34-3)15-9-22/h4-15,19H,16-18H2,1-3H3. The molecule has 176 valence electrons. The van der Waals surface area contributed by atoms with E-state index in [-0.39, 0.29) is 0 Å². The molecule has 0 aliphatic carbocycles. The van der Waals surface area contributed by atoms with Crippen LogP contribution >= 0.6 is 15.9 Å². The molecule has 34 heavy (non-hydrogen) atoms. The molecule has 0 bridgehead atoms. The summed E-state index contributed by atoms with van der Waals surface area (Å²) in [6.45, 7) is 2.07. The second kappa shape index (κ2) is 11.1. The van der Waals surface area contributed by atoms with Crippen LogP contribution in [0.1, 0.15) is 16.7 Å². The van der Waals surface area contributed by atoms with Crippen molar-refractivity contribution >= 4 is 21.7 Å². The van der Waals surface area contributed by atoms with Crippen LogP contribution in [0, 0.1) is 0 Å². The maximum Gasteiger partial charge on any atom is 0.165 e. The summed E-state index contributed by atoms with van der Waals surface area (Å²) in [4.78, 5) is 2.26. The Bertz CT molecular complexity index is 1140. The molecule has 4 rings (SSSR count). The molecule has 1 aromatic heterocycles. The summed E-state index contributed by atoms with van der Waals surface area (Å²) in [6.07, 6.45) is 2.02. The molecule has 0 amide bonds. The number of hydrogen-bond acceptors (Lipinski definition) is 5. The average Bonchev–Trinajstić information content (AvgIpc) is 3.24. The van der Waals surface area contributed by atoms with E-state index in [2.05, 4.69) is 57.2 Å². The van der Waals surface area contributed by atoms with Crippen LogP contribution in [0.25, 0.3) is 0 Å². The Labute approximate surface area is 208 Å². The Morgan fingerprint density at radius 3 is 1.50 bits per heavy atom. The summed E-state index contributed by atoms with van der Waals surface area (Å²) < 4.78 is 18.8. The van der Waals surface area contributed by atoms with Crippen LogP contribution in [-0.4, -0.2) is 31.1 Å². The molecule has 1 heterocycles. The van der Waals surface area contributed by atoms with E-state index < -0.39 is 0 Å². The molecule has 4 aromatic rings. The van der Waals surface area contributed by atoms with Gasteiger partial charge in [0.15, 0.2) is 5.82 Å². The van der Waals surface area contributed by atoms with E-state index in [0.29, 0.717) is 19.6 Å². The molecule has 0 atom stereocenters. The Balaban J connectivity index is 1.59. The Hall–Kier alpha value is -3.45. The van der Waals surface area contributed by atoms with Gasteiger partial charge >= 0.3 is 0 Å². The van der Waals surface area contributed by atoms with Crippen molar-refractivity contribution in [3.63, 3.8) is 0 Å². The molecule has 0 aliphatic rings. The average molecular weight is 522 g/mol. The molecule has 3 aromatic carbocycles. The summed E-state index contributed by atoms with van der Waals surface area (Å²) in [6, 6.07) is 24.3. The van der Waals surface area contributed by atoms with Crippen LogP contribution in [0.2, 0.25) is 0 Å². The van der Waals surface area contributed by atoms with Gasteiger partial charge in [0.05, 0.1) is 32.3 Å². The first-order chi connectivity index (χ1) is 16.6. The number of methoxy groups -OCH3 is 3. The number of benzene rings is 3. The maximum atomic E-state index is 5.31. The highest BCUT2D eigenvalue weighted by Crippen LogP contribution is 2.29. The van der Waals surface area contributed by atoms with Gasteiger partial charge in [0.25, 0.3) is 0 Å². The zero-order valence-electron chi connectivity index (χ0n) is 19.6. The van der Waals surface area contributed by atoms with Gasteiger partial charge in [0, 0.05) is 19.3 Å². The number of ether oxygens (including phenoxy) is 3. The molecule has 0 fully saturated rings. The quantitative estimate of drug-likeness (QED) is 0.259. The third kappa shape index (κ3) is 5.91. The van der Waals surface area contributed by atoms with Crippen molar-refractivity contribution < 1.29 is 14.2 Å². The molecule has 0 aliphatic heterocycles. The van der Waals surface area contributed by atoms with Gasteiger partial charge in [-0.05, 0) is 69.0 Å². The number of halogens is 1. The van der Waals surface area contributed by atoms with Crippen LogP contribution in [0.4, 0.5) is 5.82 Å². The monoisotopic (exact) mass is 521 g/mol. The smallest absolute Gasteiger partial charge is 0.165 e. The Morgan fingerprint density at radius 1 is 0.676 bits per heavy atom. The summed E-state index contributed by atoms with van der Waals surface area (Å²) in [5, 5.41) is 4.92. The van der Waals surface area contributed by atoms with E-state index in [1.165, 1.54) is 11.1 Å². The molecule has 0 saturated carbocycles. The van der Waals surface area contributed by atoms with Crippen molar-refractivity contribution in [2.45, 2.75) is 19.6 Å². The Kier molecular flexibility index (Phi) is 7.75. The van der Waals surface area contributed by atoms with Crippen LogP contribution in [-0.2, 0) is 19.6 Å². The normalized spacial score (nSPS) is 10.7. The summed E-state index contributed by atoms with van der Waals surface area (Å²) in [5.74, 6) is 3.42. The van der Waals surface area contributed by atoms with E-state index >= 15 is 0 Å². The lowest BCUT2D eigenvalue weighted by molar-refractivity contribution is 0.414. The van der Waals surface area contributed by atoms with Crippen LogP contribution in [0.5, 0.6) is 17.2 Å². The highest BCUT2D eigenvalue weighted by atomic mass is 79.9. The number of nitrogens with zero attached hydrogens (tertiary/aromatic N) is 3. The van der Waals surface area contributed by atoms with Gasteiger partial charge in [-0.25, -0.2) is 0 Å². The highest BCUT2D eigenvalue weighted by molar-refractivity contribution is 9.10. The van der Waals surface area contributed by atoms with Gasteiger partial charge < -0.3 is 19.1 Å². The minimum atomic E-state index is 0.668. The van der Waals surface area contributed by atoms with Crippen LogP contribution < -0.4 is 19.1 Å². The van der Waals surface area contributed by atoms with Gasteiger partial charge in [-0.1, -0.05) is 36.4 Å². The first-order valence-corrected chi connectivity index (χ1v) is 11.7. The predicted molar refractivity (Wildman–Crippen MR) is 138 cm³/mol. The third-order valence-electron chi connectivity index (χ3n) is 5.57. The first kappa shape index (κ1) is 23.7. The predicted octanol–water partition coefficient (Wildman–Crippen LogP) is 5.93. The highest BCUT2D eigenvalue weighted by Gasteiger charge is 2.17. The largest absolute Gasteiger partial charge is 0.497 e. The molecule has 0 spiro atoms. The van der Waals surface area contributed by atoms with E-state index in [9.17, 15) is 0 Å². The second-order valence-corrected chi connectivity index (χ2v) is 8.75. The Morgan fingerprint density at radius 2 is 1.09 bits per heavy atom. The van der Waals surface area contributed by atoms with Crippen molar-refractivity contribution in [2.24, 2.45) is 0 Å². The van der Waals surface area contributed by atoms with Crippen molar-refractivity contribution in [3.8, 4) is 17.2 Å². The molecule has 0 radical (unpaired) electrons. The zero-order valence-corrected chi connectivity index (χ0v) is 21.2. The molecule has 0 unspecified atom stereocenters. The van der Waals surface area contributed by atoms with Crippen LogP contribution in [0.3, 0.4) is 0 Å². The van der Waals surface area contributed by atoms with E-state index in [1.54, 1.807) is 21.3 Å². The fourth-order valence-corrected chi connectivity index (χ4v) is 4.27. The molecule has 0 saturated heterocycles. The van der Waals surface area contributed by atoms with E-state index in [0.717, 1.165) is 33.1 Å². The minimum Gasteiger partial charge on any atom is -0.497 e. The summed E-state index contributed by atoms with van der Waals surface area (Å²) >= 11 is 3.74. The van der Waals surface area contributed by atoms with E-state index in [4.69, 9.17) is 19.3 Å². The van der Waals surface area contributed by atoms with Gasteiger partial charge in [-0.15, -0.1) is 0 Å². The van der Waals surface area contributed by atoms with Crippen molar-refractivity contribution in [1.29, 1.82) is 0 Å². The fourth-order valence-electron chi connectivity index (χ4n) is 3.71. The van der Waals surface area contributed by atoms with Crippen molar-refractivity contribution in [3.05, 3.63) is 100 Å². The number of aromatic nitrogens is 2. The maximum absolute atomic E-state index is 5.31. The van der Waals surface area contributed by atoms with Gasteiger partial charge in [-0.2, -0.15) is 5.10 Å². The SMILES string of the molecule is COc1ccc(CN(Cc2ccc(OC)cc2)c2nn(Cc3ccc(OC)cc3)cc2Br)cc1. The lowest BCUT2D eigenvalue weighted by atomic mass is 10.1. The van der Waals surface area contributed by atoms with Gasteiger partial charge in [0.2, 0.25) is 0 Å². The van der Waals surface area contributed by atoms with Crippen molar-refractivity contribution in [2.75, 3.05) is 26.2 Å². The number of anilines is 1. The van der Waals surface area contributed by atoms with Crippen LogP contribution in [0.15, 0.2) is 83.5 Å². The lowest BCUT2D eigenvalue weighted by Gasteiger charge is -2.23. The molecular formula is C27H28BrN3O3.